The quantitative estimate of drug-likeness (QED) is 0.833. The van der Waals surface area contributed by atoms with Crippen LogP contribution in [0.4, 0.5) is 0 Å². The van der Waals surface area contributed by atoms with Gasteiger partial charge in [-0.2, -0.15) is 0 Å². The van der Waals surface area contributed by atoms with Gasteiger partial charge in [0, 0.05) is 6.04 Å². The van der Waals surface area contributed by atoms with Crippen molar-refractivity contribution in [2.24, 2.45) is 23.7 Å². The van der Waals surface area contributed by atoms with Crippen molar-refractivity contribution in [1.29, 1.82) is 0 Å². The van der Waals surface area contributed by atoms with Crippen molar-refractivity contribution in [3.63, 3.8) is 0 Å². The molecule has 0 amide bonds. The van der Waals surface area contributed by atoms with Gasteiger partial charge in [0.05, 0.1) is 0 Å². The first-order chi connectivity index (χ1) is 10.3. The van der Waals surface area contributed by atoms with Crippen LogP contribution in [0.25, 0.3) is 0 Å². The molecule has 21 heavy (non-hydrogen) atoms. The molecule has 114 valence electrons. The molecule has 2 bridgehead atoms. The third-order valence-electron chi connectivity index (χ3n) is 6.78. The lowest BCUT2D eigenvalue weighted by Crippen LogP contribution is -2.39. The smallest absolute Gasteiger partial charge is 0.0101 e. The Morgan fingerprint density at radius 3 is 2.71 bits per heavy atom. The molecule has 6 unspecified atom stereocenters. The SMILES string of the molecule is CC(CCNC1CC2CC1C1CCCC21)c1ccccc1. The van der Waals surface area contributed by atoms with E-state index in [2.05, 4.69) is 42.6 Å². The molecule has 3 fully saturated rings. The Bertz CT molecular complexity index is 468. The van der Waals surface area contributed by atoms with Gasteiger partial charge >= 0.3 is 0 Å². The molecule has 1 aromatic carbocycles. The van der Waals surface area contributed by atoms with Crippen LogP contribution in [0, 0.1) is 23.7 Å². The van der Waals surface area contributed by atoms with Crippen molar-refractivity contribution < 1.29 is 0 Å². The summed E-state index contributed by atoms with van der Waals surface area (Å²) in [4.78, 5) is 0. The molecule has 1 nitrogen and oxygen atoms in total. The summed E-state index contributed by atoms with van der Waals surface area (Å²) >= 11 is 0. The Hall–Kier alpha value is -0.820. The maximum Gasteiger partial charge on any atom is 0.0101 e. The Morgan fingerprint density at radius 2 is 1.86 bits per heavy atom. The first-order valence-corrected chi connectivity index (χ1v) is 9.11. The van der Waals surface area contributed by atoms with Gasteiger partial charge in [-0.3, -0.25) is 0 Å². The van der Waals surface area contributed by atoms with Gasteiger partial charge in [0.1, 0.15) is 0 Å². The van der Waals surface area contributed by atoms with Crippen LogP contribution in [0.2, 0.25) is 0 Å². The first kappa shape index (κ1) is 13.8. The maximum atomic E-state index is 3.93. The molecule has 0 saturated heterocycles. The average Bonchev–Trinajstić information content (AvgIpc) is 3.20. The molecule has 6 atom stereocenters. The molecular formula is C20H29N. The molecule has 1 aromatic rings. The van der Waals surface area contributed by atoms with E-state index >= 15 is 0 Å². The minimum absolute atomic E-state index is 0.677. The van der Waals surface area contributed by atoms with E-state index in [0.717, 1.165) is 29.7 Å². The molecule has 0 spiro atoms. The number of fused-ring (bicyclic) bond motifs is 5. The van der Waals surface area contributed by atoms with E-state index in [4.69, 9.17) is 0 Å². The molecule has 0 aromatic heterocycles. The minimum atomic E-state index is 0.677. The fourth-order valence-electron chi connectivity index (χ4n) is 5.74. The van der Waals surface area contributed by atoms with E-state index in [-0.39, 0.29) is 0 Å². The van der Waals surface area contributed by atoms with Crippen LogP contribution in [0.3, 0.4) is 0 Å². The second-order valence-electron chi connectivity index (χ2n) is 7.81. The summed E-state index contributed by atoms with van der Waals surface area (Å²) < 4.78 is 0. The van der Waals surface area contributed by atoms with Gasteiger partial charge in [-0.05, 0) is 73.8 Å². The Morgan fingerprint density at radius 1 is 1.05 bits per heavy atom. The van der Waals surface area contributed by atoms with Crippen molar-refractivity contribution in [1.82, 2.24) is 5.32 Å². The predicted molar refractivity (Wildman–Crippen MR) is 88.3 cm³/mol. The minimum Gasteiger partial charge on any atom is -0.314 e. The highest BCUT2D eigenvalue weighted by atomic mass is 14.9. The lowest BCUT2D eigenvalue weighted by molar-refractivity contribution is 0.208. The Kier molecular flexibility index (Phi) is 3.79. The van der Waals surface area contributed by atoms with Crippen molar-refractivity contribution in [2.45, 2.75) is 57.4 Å². The summed E-state index contributed by atoms with van der Waals surface area (Å²) in [6.45, 7) is 3.56. The standard InChI is InChI=1S/C20H29N/c1-14(15-6-3-2-4-7-15)10-11-21-20-13-16-12-19(20)18-9-5-8-17(16)18/h2-4,6-7,14,16-21H,5,8-13H2,1H3. The highest BCUT2D eigenvalue weighted by Crippen LogP contribution is 2.58. The normalized spacial score (nSPS) is 38.6. The van der Waals surface area contributed by atoms with Gasteiger partial charge in [-0.25, -0.2) is 0 Å². The Labute approximate surface area is 129 Å². The summed E-state index contributed by atoms with van der Waals surface area (Å²) in [7, 11) is 0. The molecule has 1 heteroatoms. The van der Waals surface area contributed by atoms with E-state index in [1.54, 1.807) is 12.8 Å². The van der Waals surface area contributed by atoms with Gasteiger partial charge in [-0.1, -0.05) is 43.7 Å². The molecule has 4 rings (SSSR count). The van der Waals surface area contributed by atoms with Gasteiger partial charge in [0.15, 0.2) is 0 Å². The second-order valence-corrected chi connectivity index (χ2v) is 7.81. The second kappa shape index (κ2) is 5.76. The summed E-state index contributed by atoms with van der Waals surface area (Å²) in [6, 6.07) is 11.8. The van der Waals surface area contributed by atoms with Crippen LogP contribution in [0.15, 0.2) is 30.3 Å². The average molecular weight is 283 g/mol. The third-order valence-corrected chi connectivity index (χ3v) is 6.78. The fourth-order valence-corrected chi connectivity index (χ4v) is 5.74. The summed E-state index contributed by atoms with van der Waals surface area (Å²) in [5, 5.41) is 3.93. The number of hydrogen-bond acceptors (Lipinski definition) is 1. The van der Waals surface area contributed by atoms with Crippen molar-refractivity contribution >= 4 is 0 Å². The van der Waals surface area contributed by atoms with Crippen LogP contribution in [-0.2, 0) is 0 Å². The Balaban J connectivity index is 1.27. The van der Waals surface area contributed by atoms with Crippen LogP contribution in [0.1, 0.15) is 56.9 Å². The molecule has 1 N–H and O–H groups in total. The van der Waals surface area contributed by atoms with Crippen molar-refractivity contribution in [2.75, 3.05) is 6.54 Å². The first-order valence-electron chi connectivity index (χ1n) is 9.11. The highest BCUT2D eigenvalue weighted by Gasteiger charge is 2.53. The molecular weight excluding hydrogens is 254 g/mol. The zero-order valence-electron chi connectivity index (χ0n) is 13.3. The molecule has 0 radical (unpaired) electrons. The summed E-state index contributed by atoms with van der Waals surface area (Å²) in [6.07, 6.45) is 8.88. The zero-order valence-corrected chi connectivity index (χ0v) is 13.3. The van der Waals surface area contributed by atoms with Gasteiger partial charge in [0.2, 0.25) is 0 Å². The number of hydrogen-bond donors (Lipinski definition) is 1. The zero-order chi connectivity index (χ0) is 14.2. The van der Waals surface area contributed by atoms with Crippen LogP contribution in [0.5, 0.6) is 0 Å². The monoisotopic (exact) mass is 283 g/mol. The summed E-state index contributed by atoms with van der Waals surface area (Å²) in [5.74, 6) is 4.99. The third kappa shape index (κ3) is 2.54. The van der Waals surface area contributed by atoms with E-state index in [1.807, 2.05) is 0 Å². The number of benzene rings is 1. The molecule has 3 saturated carbocycles. The van der Waals surface area contributed by atoms with Crippen LogP contribution < -0.4 is 5.32 Å². The molecule has 0 aliphatic heterocycles. The van der Waals surface area contributed by atoms with E-state index in [9.17, 15) is 0 Å². The fraction of sp³-hybridized carbons (Fsp3) is 0.700. The maximum absolute atomic E-state index is 3.93. The molecule has 3 aliphatic rings. The number of rotatable bonds is 5. The topological polar surface area (TPSA) is 12.0 Å². The van der Waals surface area contributed by atoms with Crippen LogP contribution >= 0.6 is 0 Å². The van der Waals surface area contributed by atoms with Gasteiger partial charge in [0.25, 0.3) is 0 Å². The number of nitrogens with one attached hydrogen (secondary N) is 1. The van der Waals surface area contributed by atoms with Crippen molar-refractivity contribution in [3.05, 3.63) is 35.9 Å². The van der Waals surface area contributed by atoms with E-state index in [1.165, 1.54) is 37.8 Å². The van der Waals surface area contributed by atoms with Crippen LogP contribution in [-0.4, -0.2) is 12.6 Å². The largest absolute Gasteiger partial charge is 0.314 e. The van der Waals surface area contributed by atoms with Gasteiger partial charge < -0.3 is 5.32 Å². The lowest BCUT2D eigenvalue weighted by Gasteiger charge is -2.32. The van der Waals surface area contributed by atoms with E-state index in [0.29, 0.717) is 5.92 Å². The van der Waals surface area contributed by atoms with E-state index < -0.39 is 0 Å². The lowest BCUT2D eigenvalue weighted by atomic mass is 9.79. The molecule has 3 aliphatic carbocycles. The van der Waals surface area contributed by atoms with Crippen molar-refractivity contribution in [3.8, 4) is 0 Å². The summed E-state index contributed by atoms with van der Waals surface area (Å²) in [5.41, 5.74) is 1.49. The van der Waals surface area contributed by atoms with Gasteiger partial charge in [-0.15, -0.1) is 0 Å². The predicted octanol–water partition coefficient (Wildman–Crippen LogP) is 4.59. The highest BCUT2D eigenvalue weighted by molar-refractivity contribution is 5.18. The molecule has 0 heterocycles.